The summed E-state index contributed by atoms with van der Waals surface area (Å²) in [5.41, 5.74) is 0.433. The van der Waals surface area contributed by atoms with E-state index >= 15 is 0 Å². The molecule has 0 amide bonds. The number of rotatable bonds is 5. The summed E-state index contributed by atoms with van der Waals surface area (Å²) < 4.78 is 40.4. The molecule has 0 spiro atoms. The lowest BCUT2D eigenvalue weighted by molar-refractivity contribution is 0.151. The highest BCUT2D eigenvalue weighted by Crippen LogP contribution is 2.20. The first kappa shape index (κ1) is 17.4. The van der Waals surface area contributed by atoms with Crippen LogP contribution in [0.25, 0.3) is 0 Å². The smallest absolute Gasteiger partial charge is 0.240 e. The van der Waals surface area contributed by atoms with Crippen molar-refractivity contribution in [3.8, 4) is 0 Å². The monoisotopic (exact) mass is 328 g/mol. The molecule has 1 aromatic rings. The van der Waals surface area contributed by atoms with E-state index in [4.69, 9.17) is 0 Å². The molecular weight excluding hydrogens is 303 g/mol. The molecule has 0 atom stereocenters. The fourth-order valence-corrected chi connectivity index (χ4v) is 4.23. The molecule has 0 radical (unpaired) electrons. The van der Waals surface area contributed by atoms with E-state index in [1.807, 2.05) is 0 Å². The van der Waals surface area contributed by atoms with E-state index in [0.717, 1.165) is 25.9 Å². The van der Waals surface area contributed by atoms with Crippen molar-refractivity contribution in [1.29, 1.82) is 0 Å². The summed E-state index contributed by atoms with van der Waals surface area (Å²) in [6, 6.07) is 4.30. The fourth-order valence-electron chi connectivity index (χ4n) is 2.89. The molecule has 1 aliphatic heterocycles. The van der Waals surface area contributed by atoms with Crippen molar-refractivity contribution in [3.63, 3.8) is 0 Å². The van der Waals surface area contributed by atoms with Gasteiger partial charge < -0.3 is 4.90 Å². The molecule has 1 aliphatic rings. The molecule has 22 heavy (non-hydrogen) atoms. The zero-order chi connectivity index (χ0) is 16.3. The van der Waals surface area contributed by atoms with Gasteiger partial charge in [-0.25, -0.2) is 17.5 Å². The summed E-state index contributed by atoms with van der Waals surface area (Å²) in [5, 5.41) is 0. The Morgan fingerprint density at radius 1 is 1.32 bits per heavy atom. The van der Waals surface area contributed by atoms with Gasteiger partial charge in [0.2, 0.25) is 10.0 Å². The first-order valence-electron chi connectivity index (χ1n) is 7.79. The molecule has 1 heterocycles. The Balaban J connectivity index is 1.93. The maximum Gasteiger partial charge on any atom is 0.240 e. The van der Waals surface area contributed by atoms with Gasteiger partial charge in [0.15, 0.2) is 0 Å². The van der Waals surface area contributed by atoms with E-state index in [1.54, 1.807) is 6.92 Å². The molecule has 0 aliphatic carbocycles. The average molecular weight is 328 g/mol. The molecule has 0 saturated carbocycles. The molecule has 0 aromatic heterocycles. The Labute approximate surface area is 132 Å². The minimum absolute atomic E-state index is 0.161. The SMILES string of the molecule is Cc1cc(F)ccc1S(=O)(=O)NCC1CCN(C(C)C)CC1. The molecule has 2 rings (SSSR count). The standard InChI is InChI=1S/C16H25FN2O2S/c1-12(2)19-8-6-14(7-9-19)11-18-22(20,21)16-5-4-15(17)10-13(16)3/h4-5,10,12,14,18H,6-9,11H2,1-3H3. The second-order valence-electron chi connectivity index (χ2n) is 6.33. The predicted molar refractivity (Wildman–Crippen MR) is 85.8 cm³/mol. The van der Waals surface area contributed by atoms with Crippen LogP contribution < -0.4 is 4.72 Å². The number of likely N-dealkylation sites (tertiary alicyclic amines) is 1. The summed E-state index contributed by atoms with van der Waals surface area (Å²) in [4.78, 5) is 2.57. The predicted octanol–water partition coefficient (Wildman–Crippen LogP) is 2.53. The fraction of sp³-hybridized carbons (Fsp3) is 0.625. The largest absolute Gasteiger partial charge is 0.301 e. The molecular formula is C16H25FN2O2S. The number of nitrogens with one attached hydrogen (secondary N) is 1. The number of aryl methyl sites for hydroxylation is 1. The zero-order valence-corrected chi connectivity index (χ0v) is 14.3. The molecule has 1 N–H and O–H groups in total. The van der Waals surface area contributed by atoms with Crippen molar-refractivity contribution in [2.24, 2.45) is 5.92 Å². The molecule has 0 bridgehead atoms. The van der Waals surface area contributed by atoms with Gasteiger partial charge in [-0.3, -0.25) is 0 Å². The van der Waals surface area contributed by atoms with Crippen LogP contribution in [-0.4, -0.2) is 39.0 Å². The topological polar surface area (TPSA) is 49.4 Å². The summed E-state index contributed by atoms with van der Waals surface area (Å²) in [6.07, 6.45) is 2.01. The second kappa shape index (κ2) is 7.06. The molecule has 1 saturated heterocycles. The first-order valence-corrected chi connectivity index (χ1v) is 9.28. The highest BCUT2D eigenvalue weighted by atomic mass is 32.2. The van der Waals surface area contributed by atoms with Gasteiger partial charge in [-0.05, 0) is 76.4 Å². The lowest BCUT2D eigenvalue weighted by Crippen LogP contribution is -2.41. The van der Waals surface area contributed by atoms with Crippen LogP contribution in [-0.2, 0) is 10.0 Å². The average Bonchev–Trinajstić information content (AvgIpc) is 2.45. The van der Waals surface area contributed by atoms with Crippen molar-refractivity contribution in [2.45, 2.75) is 44.6 Å². The quantitative estimate of drug-likeness (QED) is 0.903. The molecule has 124 valence electrons. The zero-order valence-electron chi connectivity index (χ0n) is 13.5. The molecule has 6 heteroatoms. The van der Waals surface area contributed by atoms with Crippen LogP contribution in [0.2, 0.25) is 0 Å². The van der Waals surface area contributed by atoms with E-state index < -0.39 is 15.8 Å². The molecule has 0 unspecified atom stereocenters. The Morgan fingerprint density at radius 3 is 2.50 bits per heavy atom. The van der Waals surface area contributed by atoms with Gasteiger partial charge in [0.25, 0.3) is 0 Å². The lowest BCUT2D eigenvalue weighted by Gasteiger charge is -2.34. The highest BCUT2D eigenvalue weighted by Gasteiger charge is 2.23. The Bertz CT molecular complexity index is 609. The van der Waals surface area contributed by atoms with Gasteiger partial charge >= 0.3 is 0 Å². The van der Waals surface area contributed by atoms with Gasteiger partial charge in [0.05, 0.1) is 4.90 Å². The number of halogens is 1. The van der Waals surface area contributed by atoms with Gasteiger partial charge in [-0.15, -0.1) is 0 Å². The molecule has 4 nitrogen and oxygen atoms in total. The van der Waals surface area contributed by atoms with Crippen LogP contribution in [0.1, 0.15) is 32.3 Å². The van der Waals surface area contributed by atoms with Crippen LogP contribution >= 0.6 is 0 Å². The number of benzene rings is 1. The van der Waals surface area contributed by atoms with Crippen LogP contribution in [0.4, 0.5) is 4.39 Å². The number of hydrogen-bond acceptors (Lipinski definition) is 3. The maximum atomic E-state index is 13.1. The van der Waals surface area contributed by atoms with Crippen LogP contribution in [0.5, 0.6) is 0 Å². The summed E-state index contributed by atoms with van der Waals surface area (Å²) >= 11 is 0. The summed E-state index contributed by atoms with van der Waals surface area (Å²) in [5.74, 6) is -0.0527. The third kappa shape index (κ3) is 4.27. The van der Waals surface area contributed by atoms with Gasteiger partial charge in [0, 0.05) is 12.6 Å². The third-order valence-electron chi connectivity index (χ3n) is 4.37. The van der Waals surface area contributed by atoms with Crippen molar-refractivity contribution in [1.82, 2.24) is 9.62 Å². The van der Waals surface area contributed by atoms with Crippen LogP contribution in [0.3, 0.4) is 0 Å². The molecule has 1 fully saturated rings. The number of sulfonamides is 1. The van der Waals surface area contributed by atoms with E-state index in [2.05, 4.69) is 23.5 Å². The van der Waals surface area contributed by atoms with Crippen molar-refractivity contribution in [2.75, 3.05) is 19.6 Å². The summed E-state index contributed by atoms with van der Waals surface area (Å²) in [7, 11) is -3.57. The molecule has 1 aromatic carbocycles. The number of piperidine rings is 1. The van der Waals surface area contributed by atoms with Gasteiger partial charge in [-0.2, -0.15) is 0 Å². The van der Waals surface area contributed by atoms with Crippen molar-refractivity contribution in [3.05, 3.63) is 29.6 Å². The van der Waals surface area contributed by atoms with Gasteiger partial charge in [-0.1, -0.05) is 0 Å². The van der Waals surface area contributed by atoms with Crippen molar-refractivity contribution < 1.29 is 12.8 Å². The first-order chi connectivity index (χ1) is 10.3. The highest BCUT2D eigenvalue weighted by molar-refractivity contribution is 7.89. The van der Waals surface area contributed by atoms with E-state index in [0.29, 0.717) is 24.1 Å². The second-order valence-corrected chi connectivity index (χ2v) is 8.07. The minimum atomic E-state index is -3.57. The van der Waals surface area contributed by atoms with Crippen molar-refractivity contribution >= 4 is 10.0 Å². The number of hydrogen-bond donors (Lipinski definition) is 1. The van der Waals surface area contributed by atoms with Gasteiger partial charge in [0.1, 0.15) is 5.82 Å². The number of nitrogens with zero attached hydrogens (tertiary/aromatic N) is 1. The van der Waals surface area contributed by atoms with E-state index in [-0.39, 0.29) is 4.90 Å². The van der Waals surface area contributed by atoms with Crippen LogP contribution in [0, 0.1) is 18.7 Å². The van der Waals surface area contributed by atoms with E-state index in [9.17, 15) is 12.8 Å². The maximum absolute atomic E-state index is 13.1. The Hall–Kier alpha value is -0.980. The third-order valence-corrected chi connectivity index (χ3v) is 5.95. The normalized spacial score (nSPS) is 18.0. The van der Waals surface area contributed by atoms with Crippen LogP contribution in [0.15, 0.2) is 23.1 Å². The minimum Gasteiger partial charge on any atom is -0.301 e. The Morgan fingerprint density at radius 2 is 1.95 bits per heavy atom. The Kier molecular flexibility index (Phi) is 5.58. The lowest BCUT2D eigenvalue weighted by atomic mass is 9.96. The summed E-state index contributed by atoms with van der Waals surface area (Å²) in [6.45, 7) is 8.45. The van der Waals surface area contributed by atoms with E-state index in [1.165, 1.54) is 18.2 Å².